The Balaban J connectivity index is 2.36. The molecule has 0 spiro atoms. The van der Waals surface area contributed by atoms with E-state index < -0.39 is 0 Å². The van der Waals surface area contributed by atoms with Crippen molar-refractivity contribution < 1.29 is 4.79 Å². The SMILES string of the molecule is CC(C)CN(CCCC(=O)c1ccccc1)CCN(C)C. The van der Waals surface area contributed by atoms with E-state index in [9.17, 15) is 4.79 Å². The lowest BCUT2D eigenvalue weighted by molar-refractivity contribution is 0.0973. The van der Waals surface area contributed by atoms with E-state index in [0.29, 0.717) is 12.3 Å². The second-order valence-corrected chi connectivity index (χ2v) is 6.39. The van der Waals surface area contributed by atoms with Gasteiger partial charge in [0.05, 0.1) is 0 Å². The van der Waals surface area contributed by atoms with E-state index in [1.54, 1.807) is 0 Å². The first kappa shape index (κ1) is 17.9. The van der Waals surface area contributed by atoms with E-state index in [-0.39, 0.29) is 5.78 Å². The Labute approximate surface area is 129 Å². The number of hydrogen-bond acceptors (Lipinski definition) is 3. The summed E-state index contributed by atoms with van der Waals surface area (Å²) in [5.74, 6) is 0.921. The second kappa shape index (κ2) is 9.69. The molecule has 1 rings (SSSR count). The van der Waals surface area contributed by atoms with Gasteiger partial charge in [-0.15, -0.1) is 0 Å². The lowest BCUT2D eigenvalue weighted by atomic mass is 10.1. The van der Waals surface area contributed by atoms with Crippen LogP contribution in [0, 0.1) is 5.92 Å². The largest absolute Gasteiger partial charge is 0.308 e. The summed E-state index contributed by atoms with van der Waals surface area (Å²) in [6, 6.07) is 9.60. The smallest absolute Gasteiger partial charge is 0.162 e. The highest BCUT2D eigenvalue weighted by atomic mass is 16.1. The van der Waals surface area contributed by atoms with E-state index in [4.69, 9.17) is 0 Å². The normalized spacial score (nSPS) is 11.6. The van der Waals surface area contributed by atoms with Gasteiger partial charge in [0.1, 0.15) is 0 Å². The highest BCUT2D eigenvalue weighted by molar-refractivity contribution is 5.95. The Morgan fingerprint density at radius 3 is 2.29 bits per heavy atom. The van der Waals surface area contributed by atoms with Crippen LogP contribution in [0.4, 0.5) is 0 Å². The molecule has 0 heterocycles. The van der Waals surface area contributed by atoms with Gasteiger partial charge in [-0.2, -0.15) is 0 Å². The Morgan fingerprint density at radius 2 is 1.71 bits per heavy atom. The summed E-state index contributed by atoms with van der Waals surface area (Å²) in [5, 5.41) is 0. The minimum absolute atomic E-state index is 0.257. The fourth-order valence-electron chi connectivity index (χ4n) is 2.38. The number of rotatable bonds is 10. The molecule has 1 aromatic rings. The van der Waals surface area contributed by atoms with Gasteiger partial charge in [0.2, 0.25) is 0 Å². The number of benzene rings is 1. The molecule has 1 aromatic carbocycles. The van der Waals surface area contributed by atoms with Crippen LogP contribution in [0.15, 0.2) is 30.3 Å². The van der Waals surface area contributed by atoms with Crippen molar-refractivity contribution in [3.8, 4) is 0 Å². The van der Waals surface area contributed by atoms with Crippen LogP contribution in [0.5, 0.6) is 0 Å². The lowest BCUT2D eigenvalue weighted by Crippen LogP contribution is -2.35. The van der Waals surface area contributed by atoms with Gasteiger partial charge >= 0.3 is 0 Å². The third-order valence-corrected chi connectivity index (χ3v) is 3.46. The zero-order chi connectivity index (χ0) is 15.7. The molecule has 3 nitrogen and oxygen atoms in total. The maximum atomic E-state index is 12.1. The molecule has 3 heteroatoms. The zero-order valence-corrected chi connectivity index (χ0v) is 14.0. The molecular weight excluding hydrogens is 260 g/mol. The number of ketones is 1. The Morgan fingerprint density at radius 1 is 1.05 bits per heavy atom. The van der Waals surface area contributed by atoms with E-state index >= 15 is 0 Å². The average Bonchev–Trinajstić information content (AvgIpc) is 2.44. The molecule has 118 valence electrons. The highest BCUT2D eigenvalue weighted by Crippen LogP contribution is 2.07. The molecule has 0 aliphatic heterocycles. The van der Waals surface area contributed by atoms with Crippen molar-refractivity contribution in [1.29, 1.82) is 0 Å². The summed E-state index contributed by atoms with van der Waals surface area (Å²) >= 11 is 0. The summed E-state index contributed by atoms with van der Waals surface area (Å²) < 4.78 is 0. The molecule has 0 saturated heterocycles. The van der Waals surface area contributed by atoms with Gasteiger partial charge in [0.25, 0.3) is 0 Å². The van der Waals surface area contributed by atoms with Crippen molar-refractivity contribution in [2.24, 2.45) is 5.92 Å². The van der Waals surface area contributed by atoms with Gasteiger partial charge in [-0.1, -0.05) is 44.2 Å². The van der Waals surface area contributed by atoms with Crippen molar-refractivity contribution in [2.45, 2.75) is 26.7 Å². The number of hydrogen-bond donors (Lipinski definition) is 0. The fourth-order valence-corrected chi connectivity index (χ4v) is 2.38. The van der Waals surface area contributed by atoms with Gasteiger partial charge in [-0.05, 0) is 33.0 Å². The van der Waals surface area contributed by atoms with E-state index in [1.807, 2.05) is 30.3 Å². The second-order valence-electron chi connectivity index (χ2n) is 6.39. The van der Waals surface area contributed by atoms with Crippen molar-refractivity contribution >= 4 is 5.78 Å². The van der Waals surface area contributed by atoms with Crippen LogP contribution in [0.2, 0.25) is 0 Å². The van der Waals surface area contributed by atoms with Crippen molar-refractivity contribution in [3.05, 3.63) is 35.9 Å². The molecule has 0 fully saturated rings. The lowest BCUT2D eigenvalue weighted by Gasteiger charge is -2.25. The quantitative estimate of drug-likeness (QED) is 0.618. The predicted octanol–water partition coefficient (Wildman–Crippen LogP) is 3.17. The standard InChI is InChI=1S/C18H30N2O/c1-16(2)15-20(14-13-19(3)4)12-8-11-18(21)17-9-6-5-7-10-17/h5-7,9-10,16H,8,11-15H2,1-4H3. The number of Topliss-reactive ketones (excluding diaryl/α,β-unsaturated/α-hetero) is 1. The van der Waals surface area contributed by atoms with Gasteiger partial charge in [-0.3, -0.25) is 4.79 Å². The zero-order valence-electron chi connectivity index (χ0n) is 14.0. The summed E-state index contributed by atoms with van der Waals surface area (Å²) in [6.45, 7) is 8.75. The molecule has 0 aliphatic rings. The third-order valence-electron chi connectivity index (χ3n) is 3.46. The topological polar surface area (TPSA) is 23.6 Å². The van der Waals surface area contributed by atoms with Crippen LogP contribution in [0.3, 0.4) is 0 Å². The summed E-state index contributed by atoms with van der Waals surface area (Å²) in [7, 11) is 4.21. The molecule has 0 bridgehead atoms. The Hall–Kier alpha value is -1.19. The Bertz CT molecular complexity index is 401. The van der Waals surface area contributed by atoms with Crippen LogP contribution >= 0.6 is 0 Å². The number of carbonyl (C=O) groups excluding carboxylic acids is 1. The summed E-state index contributed by atoms with van der Waals surface area (Å²) in [6.07, 6.45) is 1.58. The number of carbonyl (C=O) groups is 1. The average molecular weight is 290 g/mol. The molecule has 0 unspecified atom stereocenters. The number of likely N-dealkylation sites (N-methyl/N-ethyl adjacent to an activating group) is 1. The first-order valence-corrected chi connectivity index (χ1v) is 7.94. The highest BCUT2D eigenvalue weighted by Gasteiger charge is 2.10. The number of nitrogens with zero attached hydrogens (tertiary/aromatic N) is 2. The summed E-state index contributed by atoms with van der Waals surface area (Å²) in [4.78, 5) is 16.8. The van der Waals surface area contributed by atoms with Crippen LogP contribution in [-0.2, 0) is 0 Å². The van der Waals surface area contributed by atoms with Gasteiger partial charge in [0.15, 0.2) is 5.78 Å². The van der Waals surface area contributed by atoms with Gasteiger partial charge in [0, 0.05) is 31.6 Å². The van der Waals surface area contributed by atoms with Crippen LogP contribution < -0.4 is 0 Å². The summed E-state index contributed by atoms with van der Waals surface area (Å²) in [5.41, 5.74) is 0.834. The fraction of sp³-hybridized carbons (Fsp3) is 0.611. The Kier molecular flexibility index (Phi) is 8.24. The molecule has 0 amide bonds. The van der Waals surface area contributed by atoms with E-state index in [1.165, 1.54) is 0 Å². The van der Waals surface area contributed by atoms with E-state index in [2.05, 4.69) is 37.7 Å². The minimum atomic E-state index is 0.257. The van der Waals surface area contributed by atoms with Crippen molar-refractivity contribution in [3.63, 3.8) is 0 Å². The molecule has 0 aromatic heterocycles. The van der Waals surface area contributed by atoms with Crippen LogP contribution in [0.25, 0.3) is 0 Å². The van der Waals surface area contributed by atoms with Crippen molar-refractivity contribution in [2.75, 3.05) is 40.3 Å². The van der Waals surface area contributed by atoms with Crippen molar-refractivity contribution in [1.82, 2.24) is 9.80 Å². The monoisotopic (exact) mass is 290 g/mol. The predicted molar refractivity (Wildman–Crippen MR) is 89.8 cm³/mol. The minimum Gasteiger partial charge on any atom is -0.308 e. The third kappa shape index (κ3) is 7.98. The molecule has 0 radical (unpaired) electrons. The van der Waals surface area contributed by atoms with E-state index in [0.717, 1.165) is 38.2 Å². The maximum Gasteiger partial charge on any atom is 0.162 e. The van der Waals surface area contributed by atoms with Crippen LogP contribution in [-0.4, -0.2) is 55.9 Å². The first-order valence-electron chi connectivity index (χ1n) is 7.94. The molecule has 0 aliphatic carbocycles. The van der Waals surface area contributed by atoms with Gasteiger partial charge in [-0.25, -0.2) is 0 Å². The first-order chi connectivity index (χ1) is 9.99. The van der Waals surface area contributed by atoms with Gasteiger partial charge < -0.3 is 9.80 Å². The molecule has 21 heavy (non-hydrogen) atoms. The molecule has 0 atom stereocenters. The van der Waals surface area contributed by atoms with Crippen LogP contribution in [0.1, 0.15) is 37.0 Å². The molecule has 0 N–H and O–H groups in total. The maximum absolute atomic E-state index is 12.1. The molecular formula is C18H30N2O. The molecule has 0 saturated carbocycles.